The minimum absolute atomic E-state index is 0. The molecule has 0 saturated heterocycles. The number of rotatable bonds is 5. The molecular weight excluding hydrogens is 276 g/mol. The van der Waals surface area contributed by atoms with Gasteiger partial charge >= 0.3 is 0 Å². The summed E-state index contributed by atoms with van der Waals surface area (Å²) in [5, 5.41) is 3.11. The first-order valence-corrected chi connectivity index (χ1v) is 6.80. The van der Waals surface area contributed by atoms with Crippen LogP contribution in [0.25, 0.3) is 0 Å². The minimum Gasteiger partial charge on any atom is -0.383 e. The number of anilines is 1. The molecule has 20 heavy (non-hydrogen) atoms. The fraction of sp³-hybridized carbons (Fsp3) is 0.533. The lowest BCUT2D eigenvalue weighted by Crippen LogP contribution is -2.44. The molecule has 1 N–H and O–H groups in total. The lowest BCUT2D eigenvalue weighted by Gasteiger charge is -2.33. The highest BCUT2D eigenvalue weighted by atomic mass is 35.5. The zero-order valence-electron chi connectivity index (χ0n) is 12.1. The Kier molecular flexibility index (Phi) is 6.99. The monoisotopic (exact) mass is 298 g/mol. The number of hydrogen-bond donors (Lipinski definition) is 1. The molecule has 1 atom stereocenters. The molecule has 1 amide bonds. The Bertz CT molecular complexity index is 440. The van der Waals surface area contributed by atoms with E-state index in [2.05, 4.69) is 18.3 Å². The number of ether oxygens (including phenoxy) is 1. The van der Waals surface area contributed by atoms with Crippen molar-refractivity contribution in [2.24, 2.45) is 5.92 Å². The van der Waals surface area contributed by atoms with Crippen molar-refractivity contribution in [2.75, 3.05) is 38.3 Å². The fourth-order valence-electron chi connectivity index (χ4n) is 2.50. The maximum atomic E-state index is 12.3. The van der Waals surface area contributed by atoms with Crippen molar-refractivity contribution in [3.05, 3.63) is 29.8 Å². The Morgan fingerprint density at radius 2 is 2.20 bits per heavy atom. The van der Waals surface area contributed by atoms with Gasteiger partial charge in [0.2, 0.25) is 5.91 Å². The number of halogens is 1. The van der Waals surface area contributed by atoms with Crippen LogP contribution in [0.15, 0.2) is 24.3 Å². The average molecular weight is 299 g/mol. The van der Waals surface area contributed by atoms with Crippen LogP contribution in [-0.4, -0.2) is 39.3 Å². The highest BCUT2D eigenvalue weighted by Crippen LogP contribution is 2.29. The number of carbonyl (C=O) groups is 1. The summed E-state index contributed by atoms with van der Waals surface area (Å²) in [6, 6.07) is 8.18. The third-order valence-corrected chi connectivity index (χ3v) is 3.41. The number of methoxy groups -OCH3 is 1. The maximum Gasteiger partial charge on any atom is 0.240 e. The Hall–Kier alpha value is -1.10. The number of para-hydroxylation sites is 1. The molecule has 0 bridgehead atoms. The van der Waals surface area contributed by atoms with E-state index in [1.807, 2.05) is 23.1 Å². The quantitative estimate of drug-likeness (QED) is 0.844. The Morgan fingerprint density at radius 3 is 2.95 bits per heavy atom. The molecule has 5 heteroatoms. The molecule has 4 nitrogen and oxygen atoms in total. The number of hydrogen-bond acceptors (Lipinski definition) is 3. The van der Waals surface area contributed by atoms with E-state index in [1.165, 1.54) is 5.56 Å². The van der Waals surface area contributed by atoms with Gasteiger partial charge in [0.1, 0.15) is 0 Å². The summed E-state index contributed by atoms with van der Waals surface area (Å²) < 4.78 is 4.96. The smallest absolute Gasteiger partial charge is 0.240 e. The van der Waals surface area contributed by atoms with Crippen LogP contribution in [0.4, 0.5) is 5.69 Å². The predicted molar refractivity (Wildman–Crippen MR) is 83.7 cm³/mol. The first kappa shape index (κ1) is 17.0. The van der Waals surface area contributed by atoms with Crippen LogP contribution in [0, 0.1) is 5.92 Å². The molecule has 1 aliphatic heterocycles. The van der Waals surface area contributed by atoms with Gasteiger partial charge in [0.25, 0.3) is 0 Å². The first-order valence-electron chi connectivity index (χ1n) is 6.80. The summed E-state index contributed by atoms with van der Waals surface area (Å²) in [6.45, 7) is 4.69. The number of fused-ring (bicyclic) bond motifs is 1. The molecule has 1 aromatic rings. The zero-order chi connectivity index (χ0) is 13.7. The Morgan fingerprint density at radius 1 is 1.45 bits per heavy atom. The summed E-state index contributed by atoms with van der Waals surface area (Å²) in [4.78, 5) is 14.2. The van der Waals surface area contributed by atoms with Crippen LogP contribution in [0.1, 0.15) is 12.5 Å². The number of nitrogens with one attached hydrogen (secondary N) is 1. The molecule has 0 aliphatic carbocycles. The van der Waals surface area contributed by atoms with E-state index in [1.54, 1.807) is 7.11 Å². The zero-order valence-corrected chi connectivity index (χ0v) is 12.9. The van der Waals surface area contributed by atoms with Gasteiger partial charge in [-0.1, -0.05) is 25.1 Å². The Labute approximate surface area is 126 Å². The lowest BCUT2D eigenvalue weighted by molar-refractivity contribution is -0.118. The van der Waals surface area contributed by atoms with E-state index < -0.39 is 0 Å². The van der Waals surface area contributed by atoms with E-state index in [0.717, 1.165) is 18.7 Å². The van der Waals surface area contributed by atoms with E-state index in [4.69, 9.17) is 4.74 Å². The summed E-state index contributed by atoms with van der Waals surface area (Å²) in [5.41, 5.74) is 2.34. The Balaban J connectivity index is 0.00000200. The van der Waals surface area contributed by atoms with Crippen LogP contribution in [0.2, 0.25) is 0 Å². The van der Waals surface area contributed by atoms with Gasteiger partial charge in [-0.3, -0.25) is 4.79 Å². The van der Waals surface area contributed by atoms with Crippen LogP contribution >= 0.6 is 12.4 Å². The number of benzene rings is 1. The number of carbonyl (C=O) groups excluding carboxylic acids is 1. The van der Waals surface area contributed by atoms with Crippen molar-refractivity contribution in [1.82, 2.24) is 5.32 Å². The molecule has 0 fully saturated rings. The van der Waals surface area contributed by atoms with Crippen molar-refractivity contribution in [3.63, 3.8) is 0 Å². The molecule has 1 aliphatic rings. The third kappa shape index (κ3) is 4.20. The van der Waals surface area contributed by atoms with Gasteiger partial charge in [-0.15, -0.1) is 12.4 Å². The molecule has 0 saturated carbocycles. The van der Waals surface area contributed by atoms with Gasteiger partial charge < -0.3 is 15.0 Å². The average Bonchev–Trinajstić information content (AvgIpc) is 2.42. The van der Waals surface area contributed by atoms with Gasteiger partial charge in [-0.25, -0.2) is 0 Å². The molecule has 1 heterocycles. The lowest BCUT2D eigenvalue weighted by atomic mass is 9.94. The first-order chi connectivity index (χ1) is 9.22. The highest BCUT2D eigenvalue weighted by Gasteiger charge is 2.25. The molecule has 112 valence electrons. The largest absolute Gasteiger partial charge is 0.383 e. The van der Waals surface area contributed by atoms with E-state index in [0.29, 0.717) is 25.6 Å². The number of nitrogens with zero attached hydrogens (tertiary/aromatic N) is 1. The van der Waals surface area contributed by atoms with E-state index in [9.17, 15) is 4.79 Å². The second-order valence-corrected chi connectivity index (χ2v) is 5.11. The van der Waals surface area contributed by atoms with Crippen LogP contribution in [0.3, 0.4) is 0 Å². The molecule has 2 rings (SSSR count). The third-order valence-electron chi connectivity index (χ3n) is 3.41. The summed E-state index contributed by atoms with van der Waals surface area (Å²) in [6.07, 6.45) is 1.05. The maximum absolute atomic E-state index is 12.3. The van der Waals surface area contributed by atoms with Crippen LogP contribution in [0.5, 0.6) is 0 Å². The highest BCUT2D eigenvalue weighted by molar-refractivity contribution is 5.96. The van der Waals surface area contributed by atoms with Crippen LogP contribution in [-0.2, 0) is 16.0 Å². The van der Waals surface area contributed by atoms with Gasteiger partial charge in [0.15, 0.2) is 0 Å². The van der Waals surface area contributed by atoms with Crippen molar-refractivity contribution in [3.8, 4) is 0 Å². The van der Waals surface area contributed by atoms with Crippen LogP contribution < -0.4 is 10.2 Å². The summed E-state index contributed by atoms with van der Waals surface area (Å²) in [5.74, 6) is 0.646. The SMILES string of the molecule is COCCNCC(=O)N1CC(C)Cc2ccccc21.Cl. The second-order valence-electron chi connectivity index (χ2n) is 5.11. The molecule has 0 radical (unpaired) electrons. The topological polar surface area (TPSA) is 41.6 Å². The van der Waals surface area contributed by atoms with Gasteiger partial charge in [0, 0.05) is 25.9 Å². The van der Waals surface area contributed by atoms with Gasteiger partial charge in [0.05, 0.1) is 13.2 Å². The van der Waals surface area contributed by atoms with Crippen molar-refractivity contribution >= 4 is 24.0 Å². The molecular formula is C15H23ClN2O2. The molecule has 0 aromatic heterocycles. The summed E-state index contributed by atoms with van der Waals surface area (Å²) in [7, 11) is 1.66. The van der Waals surface area contributed by atoms with E-state index >= 15 is 0 Å². The minimum atomic E-state index is 0. The standard InChI is InChI=1S/C15H22N2O2.ClH/c1-12-9-13-5-3-4-6-14(13)17(11-12)15(18)10-16-7-8-19-2;/h3-6,12,16H,7-11H2,1-2H3;1H. The van der Waals surface area contributed by atoms with Gasteiger partial charge in [-0.05, 0) is 24.0 Å². The van der Waals surface area contributed by atoms with E-state index in [-0.39, 0.29) is 18.3 Å². The summed E-state index contributed by atoms with van der Waals surface area (Å²) >= 11 is 0. The fourth-order valence-corrected chi connectivity index (χ4v) is 2.50. The molecule has 0 spiro atoms. The molecule has 1 aromatic carbocycles. The predicted octanol–water partition coefficient (Wildman–Crippen LogP) is 1.87. The van der Waals surface area contributed by atoms with Crippen molar-refractivity contribution in [2.45, 2.75) is 13.3 Å². The van der Waals surface area contributed by atoms with Gasteiger partial charge in [-0.2, -0.15) is 0 Å². The van der Waals surface area contributed by atoms with Crippen molar-refractivity contribution in [1.29, 1.82) is 0 Å². The second kappa shape index (κ2) is 8.25. The van der Waals surface area contributed by atoms with Crippen molar-refractivity contribution < 1.29 is 9.53 Å². The molecule has 1 unspecified atom stereocenters. The number of amides is 1. The normalized spacial score (nSPS) is 17.3.